The van der Waals surface area contributed by atoms with Crippen molar-refractivity contribution in [2.45, 2.75) is 32.2 Å². The van der Waals surface area contributed by atoms with Crippen LogP contribution < -0.4 is 9.64 Å². The number of benzene rings is 2. The normalized spacial score (nSPS) is 18.2. The van der Waals surface area contributed by atoms with Crippen molar-refractivity contribution >= 4 is 11.6 Å². The summed E-state index contributed by atoms with van der Waals surface area (Å²) >= 11 is 0. The third-order valence-electron chi connectivity index (χ3n) is 6.86. The first-order valence-corrected chi connectivity index (χ1v) is 11.5. The van der Waals surface area contributed by atoms with Crippen LogP contribution in [0.5, 0.6) is 5.75 Å². The minimum atomic E-state index is -0.170. The van der Waals surface area contributed by atoms with Gasteiger partial charge in [0.15, 0.2) is 0 Å². The lowest BCUT2D eigenvalue weighted by Crippen LogP contribution is -2.49. The fraction of sp³-hybridized carbons (Fsp3) is 0.385. The number of imidazole rings is 1. The predicted octanol–water partition coefficient (Wildman–Crippen LogP) is 4.03. The Morgan fingerprint density at radius 1 is 1.12 bits per heavy atom. The van der Waals surface area contributed by atoms with E-state index in [1.54, 1.807) is 20.1 Å². The summed E-state index contributed by atoms with van der Waals surface area (Å²) in [4.78, 5) is 22.0. The number of halogens is 1. The second kappa shape index (κ2) is 8.89. The van der Waals surface area contributed by atoms with Crippen LogP contribution in [-0.4, -0.2) is 53.6 Å². The Morgan fingerprint density at radius 2 is 1.91 bits per heavy atom. The quantitative estimate of drug-likeness (QED) is 0.605. The van der Waals surface area contributed by atoms with Gasteiger partial charge in [0, 0.05) is 51.3 Å². The van der Waals surface area contributed by atoms with Crippen LogP contribution in [0.25, 0.3) is 0 Å². The summed E-state index contributed by atoms with van der Waals surface area (Å²) in [6.07, 6.45) is 3.66. The van der Waals surface area contributed by atoms with Gasteiger partial charge >= 0.3 is 0 Å². The number of aromatic nitrogens is 2. The zero-order valence-corrected chi connectivity index (χ0v) is 19.1. The molecule has 5 rings (SSSR count). The average Bonchev–Trinajstić information content (AvgIpc) is 3.29. The van der Waals surface area contributed by atoms with E-state index in [1.807, 2.05) is 41.4 Å². The molecular formula is C26H29FN4O2. The molecule has 1 atom stereocenters. The first-order chi connectivity index (χ1) is 16.0. The van der Waals surface area contributed by atoms with Crippen molar-refractivity contribution < 1.29 is 13.9 Å². The highest BCUT2D eigenvalue weighted by Crippen LogP contribution is 2.31. The van der Waals surface area contributed by atoms with Crippen molar-refractivity contribution in [2.24, 2.45) is 0 Å². The first-order valence-electron chi connectivity index (χ1n) is 11.5. The molecule has 33 heavy (non-hydrogen) atoms. The van der Waals surface area contributed by atoms with Crippen LogP contribution in [-0.2, 0) is 13.0 Å². The van der Waals surface area contributed by atoms with E-state index in [4.69, 9.17) is 4.74 Å². The summed E-state index contributed by atoms with van der Waals surface area (Å²) in [6, 6.07) is 13.4. The molecule has 1 aromatic heterocycles. The van der Waals surface area contributed by atoms with Crippen LogP contribution in [0.15, 0.2) is 48.7 Å². The van der Waals surface area contributed by atoms with E-state index >= 15 is 0 Å². The average molecular weight is 449 g/mol. The molecule has 1 amide bonds. The second-order valence-electron chi connectivity index (χ2n) is 8.89. The maximum atomic E-state index is 13.7. The number of carbonyl (C=O) groups is 1. The van der Waals surface area contributed by atoms with Crippen LogP contribution in [0, 0.1) is 12.7 Å². The molecule has 2 aliphatic heterocycles. The summed E-state index contributed by atoms with van der Waals surface area (Å²) in [5.41, 5.74) is 3.40. The molecule has 2 aromatic carbocycles. The number of anilines is 1. The summed E-state index contributed by atoms with van der Waals surface area (Å²) in [6.45, 7) is 5.38. The van der Waals surface area contributed by atoms with Gasteiger partial charge in [-0.15, -0.1) is 0 Å². The molecule has 3 heterocycles. The van der Waals surface area contributed by atoms with Crippen molar-refractivity contribution in [3.63, 3.8) is 0 Å². The molecule has 0 saturated carbocycles. The maximum Gasteiger partial charge on any atom is 0.274 e. The van der Waals surface area contributed by atoms with E-state index in [2.05, 4.69) is 20.5 Å². The zero-order chi connectivity index (χ0) is 22.9. The molecule has 0 N–H and O–H groups in total. The summed E-state index contributed by atoms with van der Waals surface area (Å²) < 4.78 is 21.3. The SMILES string of the molecule is COc1ccccc1N1CCN(C(=O)c2cn3c(n2)CC[C@H](c2ccc(F)c(C)c2)C3)CC1. The number of nitrogens with zero attached hydrogens (tertiary/aromatic N) is 4. The molecule has 7 heteroatoms. The molecule has 3 aromatic rings. The molecule has 172 valence electrons. The van der Waals surface area contributed by atoms with Gasteiger partial charge in [-0.25, -0.2) is 9.37 Å². The summed E-state index contributed by atoms with van der Waals surface area (Å²) in [5.74, 6) is 1.94. The van der Waals surface area contributed by atoms with Gasteiger partial charge in [-0.3, -0.25) is 4.79 Å². The van der Waals surface area contributed by atoms with Crippen LogP contribution in [0.3, 0.4) is 0 Å². The number of para-hydroxylation sites is 2. The third-order valence-corrected chi connectivity index (χ3v) is 6.86. The summed E-state index contributed by atoms with van der Waals surface area (Å²) in [7, 11) is 1.68. The smallest absolute Gasteiger partial charge is 0.274 e. The van der Waals surface area contributed by atoms with E-state index in [1.165, 1.54) is 0 Å². The van der Waals surface area contributed by atoms with Gasteiger partial charge in [-0.05, 0) is 42.7 Å². The fourth-order valence-corrected chi connectivity index (χ4v) is 4.94. The largest absolute Gasteiger partial charge is 0.495 e. The van der Waals surface area contributed by atoms with Gasteiger partial charge in [0.25, 0.3) is 5.91 Å². The Hall–Kier alpha value is -3.35. The van der Waals surface area contributed by atoms with Gasteiger partial charge in [-0.1, -0.05) is 24.3 Å². The van der Waals surface area contributed by atoms with E-state index in [0.717, 1.165) is 55.3 Å². The lowest BCUT2D eigenvalue weighted by atomic mass is 9.90. The Morgan fingerprint density at radius 3 is 2.67 bits per heavy atom. The van der Waals surface area contributed by atoms with Crippen molar-refractivity contribution in [3.05, 3.63) is 77.1 Å². The number of carbonyl (C=O) groups excluding carboxylic acids is 1. The number of hydrogen-bond acceptors (Lipinski definition) is 4. The lowest BCUT2D eigenvalue weighted by molar-refractivity contribution is 0.0741. The molecule has 2 aliphatic rings. The Bertz CT molecular complexity index is 1170. The Balaban J connectivity index is 1.25. The maximum absolute atomic E-state index is 13.7. The van der Waals surface area contributed by atoms with E-state index < -0.39 is 0 Å². The standard InChI is InChI=1S/C26H29FN4O2/c1-18-15-19(7-9-21(18)27)20-8-10-25-28-22(17-31(25)16-20)26(32)30-13-11-29(12-14-30)23-5-3-4-6-24(23)33-2/h3-7,9,15,17,20H,8,10-14,16H2,1-2H3/t20-/m0/s1. The number of ether oxygens (including phenoxy) is 1. The van der Waals surface area contributed by atoms with Gasteiger partial charge in [0.2, 0.25) is 0 Å². The first kappa shape index (κ1) is 21.5. The lowest BCUT2D eigenvalue weighted by Gasteiger charge is -2.36. The van der Waals surface area contributed by atoms with E-state index in [-0.39, 0.29) is 11.7 Å². The van der Waals surface area contributed by atoms with Crippen LogP contribution in [0.1, 0.15) is 39.8 Å². The number of methoxy groups -OCH3 is 1. The van der Waals surface area contributed by atoms with Crippen molar-refractivity contribution in [1.29, 1.82) is 0 Å². The number of piperazine rings is 1. The molecule has 1 fully saturated rings. The van der Waals surface area contributed by atoms with Crippen molar-refractivity contribution in [2.75, 3.05) is 38.2 Å². The molecule has 6 nitrogen and oxygen atoms in total. The number of amides is 1. The Kier molecular flexibility index (Phi) is 5.79. The van der Waals surface area contributed by atoms with Gasteiger partial charge in [0.1, 0.15) is 23.1 Å². The number of rotatable bonds is 4. The van der Waals surface area contributed by atoms with Crippen LogP contribution in [0.2, 0.25) is 0 Å². The summed E-state index contributed by atoms with van der Waals surface area (Å²) in [5, 5.41) is 0. The highest BCUT2D eigenvalue weighted by Gasteiger charge is 2.28. The van der Waals surface area contributed by atoms with E-state index in [0.29, 0.717) is 30.3 Å². The van der Waals surface area contributed by atoms with Crippen LogP contribution in [0.4, 0.5) is 10.1 Å². The molecule has 0 aliphatic carbocycles. The van der Waals surface area contributed by atoms with E-state index in [9.17, 15) is 9.18 Å². The fourth-order valence-electron chi connectivity index (χ4n) is 4.94. The predicted molar refractivity (Wildman–Crippen MR) is 126 cm³/mol. The number of hydrogen-bond donors (Lipinski definition) is 0. The van der Waals surface area contributed by atoms with Gasteiger partial charge < -0.3 is 19.1 Å². The molecule has 0 unspecified atom stereocenters. The van der Waals surface area contributed by atoms with Gasteiger partial charge in [0.05, 0.1) is 12.8 Å². The highest BCUT2D eigenvalue weighted by molar-refractivity contribution is 5.92. The molecule has 0 radical (unpaired) electrons. The Labute approximate surface area is 193 Å². The van der Waals surface area contributed by atoms with Crippen molar-refractivity contribution in [3.8, 4) is 5.75 Å². The van der Waals surface area contributed by atoms with Crippen molar-refractivity contribution in [1.82, 2.24) is 14.5 Å². The second-order valence-corrected chi connectivity index (χ2v) is 8.89. The number of aryl methyl sites for hydroxylation is 2. The molecule has 1 saturated heterocycles. The number of fused-ring (bicyclic) bond motifs is 1. The topological polar surface area (TPSA) is 50.6 Å². The monoisotopic (exact) mass is 448 g/mol. The third kappa shape index (κ3) is 4.19. The minimum Gasteiger partial charge on any atom is -0.495 e. The zero-order valence-electron chi connectivity index (χ0n) is 19.1. The molecule has 0 spiro atoms. The van der Waals surface area contributed by atoms with Gasteiger partial charge in [-0.2, -0.15) is 0 Å². The molecular weight excluding hydrogens is 419 g/mol. The minimum absolute atomic E-state index is 0.00856. The molecule has 0 bridgehead atoms. The highest BCUT2D eigenvalue weighted by atomic mass is 19.1. The van der Waals surface area contributed by atoms with Crippen LogP contribution >= 0.6 is 0 Å².